The minimum absolute atomic E-state index is 0.874. The Balaban J connectivity index is 1.28. The smallest absolute Gasteiger partial charge is 0.00683 e. The van der Waals surface area contributed by atoms with Gasteiger partial charge in [0.2, 0.25) is 0 Å². The van der Waals surface area contributed by atoms with Crippen LogP contribution < -0.4 is 5.32 Å². The molecule has 1 aliphatic heterocycles. The highest BCUT2D eigenvalue weighted by Crippen LogP contribution is 2.21. The van der Waals surface area contributed by atoms with Gasteiger partial charge in [0, 0.05) is 6.04 Å². The summed E-state index contributed by atoms with van der Waals surface area (Å²) in [6, 6.07) is 11.8. The molecule has 2 aliphatic rings. The summed E-state index contributed by atoms with van der Waals surface area (Å²) in [6.45, 7) is 5.16. The summed E-state index contributed by atoms with van der Waals surface area (Å²) < 4.78 is 0. The summed E-state index contributed by atoms with van der Waals surface area (Å²) in [5, 5.41) is 3.69. The molecule has 1 saturated heterocycles. The second kappa shape index (κ2) is 7.24. The number of nitrogens with one attached hydrogen (secondary N) is 1. The van der Waals surface area contributed by atoms with E-state index < -0.39 is 0 Å². The van der Waals surface area contributed by atoms with Crippen LogP contribution in [0.3, 0.4) is 0 Å². The minimum Gasteiger partial charge on any atom is -0.314 e. The molecule has 2 nitrogen and oxygen atoms in total. The van der Waals surface area contributed by atoms with Gasteiger partial charge in [-0.3, -0.25) is 0 Å². The number of benzene rings is 1. The van der Waals surface area contributed by atoms with E-state index in [-0.39, 0.29) is 0 Å². The second-order valence-electron chi connectivity index (χ2n) is 6.56. The first kappa shape index (κ1) is 14.1. The van der Waals surface area contributed by atoms with Crippen molar-refractivity contribution in [3.05, 3.63) is 35.9 Å². The van der Waals surface area contributed by atoms with Crippen molar-refractivity contribution < 1.29 is 0 Å². The molecule has 1 heterocycles. The summed E-state index contributed by atoms with van der Waals surface area (Å²) in [6.07, 6.45) is 8.14. The van der Waals surface area contributed by atoms with Gasteiger partial charge in [-0.25, -0.2) is 0 Å². The van der Waals surface area contributed by atoms with Crippen LogP contribution in [0.5, 0.6) is 0 Å². The lowest BCUT2D eigenvalue weighted by molar-refractivity contribution is 0.180. The Kier molecular flexibility index (Phi) is 5.10. The van der Waals surface area contributed by atoms with Gasteiger partial charge in [0.25, 0.3) is 0 Å². The molecule has 0 amide bonds. The van der Waals surface area contributed by atoms with Crippen LogP contribution >= 0.6 is 0 Å². The highest BCUT2D eigenvalue weighted by molar-refractivity contribution is 5.14. The fraction of sp³-hybridized carbons (Fsp3) is 0.667. The van der Waals surface area contributed by atoms with Crippen LogP contribution in [0.1, 0.15) is 37.7 Å². The Bertz CT molecular complexity index is 378. The molecule has 2 fully saturated rings. The van der Waals surface area contributed by atoms with E-state index >= 15 is 0 Å². The van der Waals surface area contributed by atoms with Crippen LogP contribution in [-0.4, -0.2) is 37.1 Å². The molecule has 0 atom stereocenters. The lowest BCUT2D eigenvalue weighted by Gasteiger charge is -2.32. The van der Waals surface area contributed by atoms with E-state index in [1.54, 1.807) is 0 Å². The van der Waals surface area contributed by atoms with Crippen molar-refractivity contribution in [2.45, 2.75) is 44.6 Å². The Morgan fingerprint density at radius 3 is 2.45 bits per heavy atom. The Hall–Kier alpha value is -0.860. The molecule has 110 valence electrons. The monoisotopic (exact) mass is 272 g/mol. The van der Waals surface area contributed by atoms with Crippen molar-refractivity contribution in [3.63, 3.8) is 0 Å². The predicted octanol–water partition coefficient (Wildman–Crippen LogP) is 3.08. The van der Waals surface area contributed by atoms with Crippen LogP contribution in [-0.2, 0) is 6.42 Å². The van der Waals surface area contributed by atoms with Crippen LogP contribution in [0, 0.1) is 5.92 Å². The van der Waals surface area contributed by atoms with Crippen LogP contribution in [0.25, 0.3) is 0 Å². The maximum atomic E-state index is 3.69. The van der Waals surface area contributed by atoms with E-state index in [1.165, 1.54) is 70.3 Å². The number of hydrogen-bond acceptors (Lipinski definition) is 2. The summed E-state index contributed by atoms with van der Waals surface area (Å²) in [5.74, 6) is 0.931. The Labute approximate surface area is 123 Å². The molecule has 1 saturated carbocycles. The molecule has 20 heavy (non-hydrogen) atoms. The van der Waals surface area contributed by atoms with E-state index in [0.29, 0.717) is 0 Å². The summed E-state index contributed by atoms with van der Waals surface area (Å²) >= 11 is 0. The largest absolute Gasteiger partial charge is 0.314 e. The van der Waals surface area contributed by atoms with Crippen molar-refractivity contribution in [2.24, 2.45) is 5.92 Å². The highest BCUT2D eigenvalue weighted by atomic mass is 15.1. The molecule has 0 bridgehead atoms. The third-order valence-corrected chi connectivity index (χ3v) is 4.76. The molecule has 1 aromatic rings. The topological polar surface area (TPSA) is 15.3 Å². The maximum Gasteiger partial charge on any atom is 0.00683 e. The van der Waals surface area contributed by atoms with Gasteiger partial charge < -0.3 is 10.2 Å². The van der Waals surface area contributed by atoms with E-state index in [1.807, 2.05) is 0 Å². The second-order valence-corrected chi connectivity index (χ2v) is 6.56. The van der Waals surface area contributed by atoms with Crippen molar-refractivity contribution in [1.82, 2.24) is 10.2 Å². The van der Waals surface area contributed by atoms with Gasteiger partial charge in [0.1, 0.15) is 0 Å². The average Bonchev–Trinajstić information content (AvgIpc) is 3.32. The molecule has 1 aromatic carbocycles. The number of aryl methyl sites for hydroxylation is 1. The van der Waals surface area contributed by atoms with Crippen molar-refractivity contribution in [3.8, 4) is 0 Å². The first-order valence-corrected chi connectivity index (χ1v) is 8.40. The summed E-state index contributed by atoms with van der Waals surface area (Å²) in [4.78, 5) is 2.66. The van der Waals surface area contributed by atoms with Gasteiger partial charge in [-0.15, -0.1) is 0 Å². The van der Waals surface area contributed by atoms with Gasteiger partial charge in [-0.05, 0) is 76.2 Å². The average molecular weight is 272 g/mol. The lowest BCUT2D eigenvalue weighted by Crippen LogP contribution is -2.38. The zero-order chi connectivity index (χ0) is 13.6. The molecular formula is C18H28N2. The number of likely N-dealkylation sites (tertiary alicyclic amines) is 1. The van der Waals surface area contributed by atoms with Gasteiger partial charge >= 0.3 is 0 Å². The van der Waals surface area contributed by atoms with E-state index in [9.17, 15) is 0 Å². The zero-order valence-corrected chi connectivity index (χ0v) is 12.6. The van der Waals surface area contributed by atoms with Gasteiger partial charge in [0.15, 0.2) is 0 Å². The van der Waals surface area contributed by atoms with Crippen molar-refractivity contribution in [2.75, 3.05) is 26.2 Å². The first-order chi connectivity index (χ1) is 9.90. The fourth-order valence-electron chi connectivity index (χ4n) is 3.19. The number of piperidine rings is 1. The third kappa shape index (κ3) is 4.60. The van der Waals surface area contributed by atoms with Crippen LogP contribution in [0.15, 0.2) is 30.3 Å². The molecule has 0 aromatic heterocycles. The molecule has 3 rings (SSSR count). The molecule has 1 aliphatic carbocycles. The number of hydrogen-bond donors (Lipinski definition) is 1. The highest BCUT2D eigenvalue weighted by Gasteiger charge is 2.24. The quantitative estimate of drug-likeness (QED) is 0.820. The molecule has 1 N–H and O–H groups in total. The SMILES string of the molecule is c1ccc(CCCN2CCC(CNC3CC3)CC2)cc1. The molecular weight excluding hydrogens is 244 g/mol. The molecule has 0 unspecified atom stereocenters. The summed E-state index contributed by atoms with van der Waals surface area (Å²) in [5.41, 5.74) is 1.48. The minimum atomic E-state index is 0.874. The summed E-state index contributed by atoms with van der Waals surface area (Å²) in [7, 11) is 0. The van der Waals surface area contributed by atoms with Gasteiger partial charge in [-0.1, -0.05) is 30.3 Å². The predicted molar refractivity (Wildman–Crippen MR) is 85.0 cm³/mol. The van der Waals surface area contributed by atoms with E-state index in [0.717, 1.165) is 12.0 Å². The lowest BCUT2D eigenvalue weighted by atomic mass is 9.96. The molecule has 0 radical (unpaired) electrons. The number of rotatable bonds is 7. The van der Waals surface area contributed by atoms with Crippen LogP contribution in [0.4, 0.5) is 0 Å². The van der Waals surface area contributed by atoms with Crippen LogP contribution in [0.2, 0.25) is 0 Å². The fourth-order valence-corrected chi connectivity index (χ4v) is 3.19. The van der Waals surface area contributed by atoms with Gasteiger partial charge in [0.05, 0.1) is 0 Å². The van der Waals surface area contributed by atoms with E-state index in [2.05, 4.69) is 40.5 Å². The maximum absolute atomic E-state index is 3.69. The van der Waals surface area contributed by atoms with Gasteiger partial charge in [-0.2, -0.15) is 0 Å². The standard InChI is InChI=1S/C18H28N2/c1-2-5-16(6-3-1)7-4-12-20-13-10-17(11-14-20)15-19-18-8-9-18/h1-3,5-6,17-19H,4,7-15H2. The molecule has 2 heteroatoms. The van der Waals surface area contributed by atoms with E-state index in [4.69, 9.17) is 0 Å². The Morgan fingerprint density at radius 2 is 1.75 bits per heavy atom. The number of nitrogens with zero attached hydrogens (tertiary/aromatic N) is 1. The third-order valence-electron chi connectivity index (χ3n) is 4.76. The molecule has 0 spiro atoms. The Morgan fingerprint density at radius 1 is 1.00 bits per heavy atom. The van der Waals surface area contributed by atoms with Crippen molar-refractivity contribution in [1.29, 1.82) is 0 Å². The zero-order valence-electron chi connectivity index (χ0n) is 12.6. The van der Waals surface area contributed by atoms with Crippen molar-refractivity contribution >= 4 is 0 Å². The normalized spacial score (nSPS) is 21.2. The first-order valence-electron chi connectivity index (χ1n) is 8.40.